The van der Waals surface area contributed by atoms with Crippen LogP contribution in [0.3, 0.4) is 0 Å². The molecule has 0 aliphatic rings. The molecule has 0 radical (unpaired) electrons. The Kier molecular flexibility index (Phi) is 4.25. The molecule has 0 bridgehead atoms. The molecular formula is C12H17N5O. The maximum absolute atomic E-state index is 5.45. The minimum Gasteiger partial charge on any atom is -0.421 e. The van der Waals surface area contributed by atoms with Gasteiger partial charge in [-0.15, -0.1) is 0 Å². The maximum Gasteiger partial charge on any atom is 0.321 e. The smallest absolute Gasteiger partial charge is 0.321 e. The van der Waals surface area contributed by atoms with Crippen LogP contribution >= 0.6 is 0 Å². The molecule has 2 aromatic heterocycles. The Morgan fingerprint density at radius 3 is 2.67 bits per heavy atom. The largest absolute Gasteiger partial charge is 0.421 e. The lowest BCUT2D eigenvalue weighted by molar-refractivity contribution is 0.440. The third kappa shape index (κ3) is 3.53. The average Bonchev–Trinajstić information content (AvgIpc) is 2.77. The van der Waals surface area contributed by atoms with E-state index < -0.39 is 0 Å². The minimum atomic E-state index is 0.335. The number of hydrogen-bond acceptors (Lipinski definition) is 5. The summed E-state index contributed by atoms with van der Waals surface area (Å²) >= 11 is 0. The second kappa shape index (κ2) is 6.11. The number of hydrogen-bond donors (Lipinski definition) is 1. The van der Waals surface area contributed by atoms with E-state index >= 15 is 0 Å². The highest BCUT2D eigenvalue weighted by atomic mass is 16.5. The van der Waals surface area contributed by atoms with E-state index in [1.807, 2.05) is 7.05 Å². The summed E-state index contributed by atoms with van der Waals surface area (Å²) in [6, 6.07) is 0.335. The molecule has 0 aliphatic carbocycles. The minimum absolute atomic E-state index is 0.335. The first-order valence-electron chi connectivity index (χ1n) is 5.96. The van der Waals surface area contributed by atoms with Gasteiger partial charge in [0.1, 0.15) is 0 Å². The van der Waals surface area contributed by atoms with Crippen LogP contribution in [0.4, 0.5) is 0 Å². The molecule has 0 saturated carbocycles. The Morgan fingerprint density at radius 1 is 1.28 bits per heavy atom. The van der Waals surface area contributed by atoms with Crippen molar-refractivity contribution in [3.8, 4) is 11.8 Å². The monoisotopic (exact) mass is 247 g/mol. The molecule has 0 aliphatic heterocycles. The first-order valence-corrected chi connectivity index (χ1v) is 5.96. The van der Waals surface area contributed by atoms with Crippen molar-refractivity contribution in [1.29, 1.82) is 0 Å². The summed E-state index contributed by atoms with van der Waals surface area (Å²) in [5.41, 5.74) is 1.04. The standard InChI is InChI=1S/C12H17N5O/c1-3-4-13-5-10-6-14-12(15-7-10)18-11-8-16-17(2)9-11/h6-9,13H,3-5H2,1-2H3. The molecule has 0 aromatic carbocycles. The summed E-state index contributed by atoms with van der Waals surface area (Å²) in [6.45, 7) is 3.91. The normalized spacial score (nSPS) is 10.6. The van der Waals surface area contributed by atoms with E-state index in [-0.39, 0.29) is 0 Å². The van der Waals surface area contributed by atoms with Gasteiger partial charge in [0.15, 0.2) is 5.75 Å². The predicted molar refractivity (Wildman–Crippen MR) is 67.3 cm³/mol. The lowest BCUT2D eigenvalue weighted by Gasteiger charge is -2.03. The van der Waals surface area contributed by atoms with Gasteiger partial charge in [-0.3, -0.25) is 4.68 Å². The molecule has 1 N–H and O–H groups in total. The maximum atomic E-state index is 5.45. The zero-order valence-electron chi connectivity index (χ0n) is 10.6. The Hall–Kier alpha value is -1.95. The SMILES string of the molecule is CCCNCc1cnc(Oc2cnn(C)c2)nc1. The van der Waals surface area contributed by atoms with Gasteiger partial charge in [0, 0.05) is 31.5 Å². The number of aromatic nitrogens is 4. The van der Waals surface area contributed by atoms with E-state index in [4.69, 9.17) is 4.74 Å². The van der Waals surface area contributed by atoms with E-state index in [1.54, 1.807) is 29.5 Å². The van der Waals surface area contributed by atoms with Crippen molar-refractivity contribution < 1.29 is 4.74 Å². The van der Waals surface area contributed by atoms with E-state index in [9.17, 15) is 0 Å². The van der Waals surface area contributed by atoms with Gasteiger partial charge in [-0.2, -0.15) is 5.10 Å². The van der Waals surface area contributed by atoms with Gasteiger partial charge in [0.25, 0.3) is 0 Å². The van der Waals surface area contributed by atoms with Crippen LogP contribution in [0, 0.1) is 0 Å². The highest BCUT2D eigenvalue weighted by molar-refractivity contribution is 5.17. The molecule has 0 fully saturated rings. The van der Waals surface area contributed by atoms with Gasteiger partial charge in [0.05, 0.1) is 12.4 Å². The Balaban J connectivity index is 1.91. The van der Waals surface area contributed by atoms with Crippen LogP contribution in [-0.4, -0.2) is 26.3 Å². The first kappa shape index (κ1) is 12.5. The summed E-state index contributed by atoms with van der Waals surface area (Å²) in [7, 11) is 1.83. The van der Waals surface area contributed by atoms with Gasteiger partial charge in [-0.25, -0.2) is 9.97 Å². The lowest BCUT2D eigenvalue weighted by atomic mass is 10.3. The fourth-order valence-corrected chi connectivity index (χ4v) is 1.45. The molecule has 2 aromatic rings. The highest BCUT2D eigenvalue weighted by Crippen LogP contribution is 2.15. The van der Waals surface area contributed by atoms with Crippen LogP contribution in [0.5, 0.6) is 11.8 Å². The molecule has 6 heteroatoms. The average molecular weight is 247 g/mol. The third-order valence-electron chi connectivity index (χ3n) is 2.33. The fraction of sp³-hybridized carbons (Fsp3) is 0.417. The summed E-state index contributed by atoms with van der Waals surface area (Å²) in [4.78, 5) is 8.30. The van der Waals surface area contributed by atoms with Crippen LogP contribution in [0.2, 0.25) is 0 Å². The third-order valence-corrected chi connectivity index (χ3v) is 2.33. The second-order valence-corrected chi connectivity index (χ2v) is 4.00. The number of nitrogens with one attached hydrogen (secondary N) is 1. The van der Waals surface area contributed by atoms with Crippen molar-refractivity contribution in [3.63, 3.8) is 0 Å². The van der Waals surface area contributed by atoms with Crippen molar-refractivity contribution >= 4 is 0 Å². The number of ether oxygens (including phenoxy) is 1. The first-order chi connectivity index (χ1) is 8.78. The van der Waals surface area contributed by atoms with Gasteiger partial charge in [-0.1, -0.05) is 6.92 Å². The quantitative estimate of drug-likeness (QED) is 0.784. The van der Waals surface area contributed by atoms with Crippen molar-refractivity contribution in [2.24, 2.45) is 7.05 Å². The molecule has 96 valence electrons. The molecule has 2 heterocycles. The zero-order valence-corrected chi connectivity index (χ0v) is 10.6. The van der Waals surface area contributed by atoms with Gasteiger partial charge in [0.2, 0.25) is 0 Å². The molecule has 18 heavy (non-hydrogen) atoms. The Morgan fingerprint density at radius 2 is 2.06 bits per heavy atom. The van der Waals surface area contributed by atoms with Crippen molar-refractivity contribution in [1.82, 2.24) is 25.1 Å². The molecule has 2 rings (SSSR count). The second-order valence-electron chi connectivity index (χ2n) is 4.00. The summed E-state index contributed by atoms with van der Waals surface area (Å²) in [6.07, 6.45) is 8.03. The Bertz CT molecular complexity index is 479. The molecule has 0 unspecified atom stereocenters. The van der Waals surface area contributed by atoms with E-state index in [0.29, 0.717) is 11.8 Å². The summed E-state index contributed by atoms with van der Waals surface area (Å²) < 4.78 is 7.12. The molecule has 0 atom stereocenters. The number of nitrogens with zero attached hydrogens (tertiary/aromatic N) is 4. The van der Waals surface area contributed by atoms with Gasteiger partial charge < -0.3 is 10.1 Å². The van der Waals surface area contributed by atoms with Crippen molar-refractivity contribution in [2.75, 3.05) is 6.54 Å². The lowest BCUT2D eigenvalue weighted by Crippen LogP contribution is -2.14. The van der Waals surface area contributed by atoms with Crippen molar-refractivity contribution in [2.45, 2.75) is 19.9 Å². The van der Waals surface area contributed by atoms with Gasteiger partial charge >= 0.3 is 6.01 Å². The highest BCUT2D eigenvalue weighted by Gasteiger charge is 2.02. The Labute approximate surface area is 106 Å². The van der Waals surface area contributed by atoms with E-state index in [0.717, 1.165) is 25.1 Å². The van der Waals surface area contributed by atoms with Crippen LogP contribution in [-0.2, 0) is 13.6 Å². The van der Waals surface area contributed by atoms with Gasteiger partial charge in [-0.05, 0) is 13.0 Å². The van der Waals surface area contributed by atoms with E-state index in [1.165, 1.54) is 0 Å². The molecule has 0 spiro atoms. The summed E-state index contributed by atoms with van der Waals surface area (Å²) in [5, 5.41) is 7.30. The molecule has 6 nitrogen and oxygen atoms in total. The van der Waals surface area contributed by atoms with Crippen LogP contribution in [0.15, 0.2) is 24.8 Å². The van der Waals surface area contributed by atoms with E-state index in [2.05, 4.69) is 27.3 Å². The number of rotatable bonds is 6. The molecular weight excluding hydrogens is 230 g/mol. The molecule has 0 amide bonds. The number of aryl methyl sites for hydroxylation is 1. The molecule has 0 saturated heterocycles. The van der Waals surface area contributed by atoms with Crippen LogP contribution in [0.1, 0.15) is 18.9 Å². The predicted octanol–water partition coefficient (Wildman–Crippen LogP) is 1.50. The van der Waals surface area contributed by atoms with Crippen LogP contribution in [0.25, 0.3) is 0 Å². The summed E-state index contributed by atoms with van der Waals surface area (Å²) in [5.74, 6) is 0.634. The fourth-order valence-electron chi connectivity index (χ4n) is 1.45. The van der Waals surface area contributed by atoms with Crippen LogP contribution < -0.4 is 10.1 Å². The zero-order chi connectivity index (χ0) is 12.8. The topological polar surface area (TPSA) is 64.9 Å². The van der Waals surface area contributed by atoms with Crippen molar-refractivity contribution in [3.05, 3.63) is 30.4 Å².